The van der Waals surface area contributed by atoms with Crippen molar-refractivity contribution in [3.05, 3.63) is 66.2 Å². The molecular formula is C25H24N2O6. The van der Waals surface area contributed by atoms with Gasteiger partial charge in [0.05, 0.1) is 17.5 Å². The molecule has 1 N–H and O–H groups in total. The van der Waals surface area contributed by atoms with E-state index >= 15 is 0 Å². The first-order valence-electron chi connectivity index (χ1n) is 10.7. The Balaban J connectivity index is 1.30. The number of nitrogens with zero attached hydrogens (tertiary/aromatic N) is 1. The van der Waals surface area contributed by atoms with E-state index in [9.17, 15) is 19.2 Å². The number of hydrogen-bond donors (Lipinski definition) is 1. The Morgan fingerprint density at radius 3 is 2.27 bits per heavy atom. The van der Waals surface area contributed by atoms with Crippen molar-refractivity contribution in [2.75, 3.05) is 18.5 Å². The fraction of sp³-hybridized carbons (Fsp3) is 0.280. The maximum atomic E-state index is 12.4. The summed E-state index contributed by atoms with van der Waals surface area (Å²) in [5, 5.41) is 2.65. The molecule has 4 rings (SSSR count). The van der Waals surface area contributed by atoms with Crippen molar-refractivity contribution in [1.82, 2.24) is 4.90 Å². The van der Waals surface area contributed by atoms with Gasteiger partial charge in [0, 0.05) is 0 Å². The zero-order valence-corrected chi connectivity index (χ0v) is 18.2. The molecule has 2 aliphatic rings. The number of likely N-dealkylation sites (tertiary alicyclic amines) is 1. The quantitative estimate of drug-likeness (QED) is 0.396. The van der Waals surface area contributed by atoms with Crippen LogP contribution in [-0.4, -0.2) is 41.7 Å². The number of anilines is 1. The van der Waals surface area contributed by atoms with E-state index in [1.165, 1.54) is 0 Å². The van der Waals surface area contributed by atoms with Crippen LogP contribution in [0.5, 0.6) is 11.5 Å². The second-order valence-corrected chi connectivity index (χ2v) is 8.04. The summed E-state index contributed by atoms with van der Waals surface area (Å²) >= 11 is 0. The van der Waals surface area contributed by atoms with Crippen LogP contribution in [0.2, 0.25) is 0 Å². The Hall–Kier alpha value is -3.94. The summed E-state index contributed by atoms with van der Waals surface area (Å²) in [6.07, 6.45) is 4.73. The van der Waals surface area contributed by atoms with Crippen molar-refractivity contribution < 1.29 is 28.7 Å². The first-order valence-corrected chi connectivity index (χ1v) is 10.7. The van der Waals surface area contributed by atoms with Gasteiger partial charge in [0.2, 0.25) is 11.8 Å². The molecule has 3 amide bonds. The van der Waals surface area contributed by atoms with Gasteiger partial charge < -0.3 is 14.8 Å². The van der Waals surface area contributed by atoms with Gasteiger partial charge in [-0.3, -0.25) is 24.1 Å². The van der Waals surface area contributed by atoms with E-state index in [-0.39, 0.29) is 11.8 Å². The number of imide groups is 1. The molecule has 8 nitrogen and oxygen atoms in total. The number of hydrogen-bond acceptors (Lipinski definition) is 6. The Labute approximate surface area is 191 Å². The van der Waals surface area contributed by atoms with E-state index in [2.05, 4.69) is 5.32 Å². The number of amides is 3. The SMILES string of the molecule is Cc1ccc(Oc2ccccc2NC(=O)COC(=O)CN2C(=O)C3CC=CCC3C2=O)cc1. The number of allylic oxidation sites excluding steroid dienone is 2. The fourth-order valence-electron chi connectivity index (χ4n) is 3.92. The average Bonchev–Trinajstić information content (AvgIpc) is 3.05. The molecule has 2 aromatic rings. The van der Waals surface area contributed by atoms with E-state index < -0.39 is 36.9 Å². The maximum Gasteiger partial charge on any atom is 0.326 e. The Morgan fingerprint density at radius 2 is 1.61 bits per heavy atom. The first kappa shape index (κ1) is 22.3. The van der Waals surface area contributed by atoms with E-state index in [1.807, 2.05) is 43.3 Å². The van der Waals surface area contributed by atoms with Crippen LogP contribution in [0.3, 0.4) is 0 Å². The maximum absolute atomic E-state index is 12.4. The lowest BCUT2D eigenvalue weighted by atomic mass is 9.85. The van der Waals surface area contributed by atoms with Gasteiger partial charge in [-0.25, -0.2) is 0 Å². The number of benzene rings is 2. The molecule has 0 saturated carbocycles. The molecule has 2 atom stereocenters. The van der Waals surface area contributed by atoms with Crippen LogP contribution < -0.4 is 10.1 Å². The lowest BCUT2D eigenvalue weighted by Gasteiger charge is -2.14. The lowest BCUT2D eigenvalue weighted by Crippen LogP contribution is -2.37. The van der Waals surface area contributed by atoms with Crippen molar-refractivity contribution in [3.63, 3.8) is 0 Å². The molecule has 33 heavy (non-hydrogen) atoms. The Bertz CT molecular complexity index is 1080. The van der Waals surface area contributed by atoms with Crippen LogP contribution in [-0.2, 0) is 23.9 Å². The number of carbonyl (C=O) groups excluding carboxylic acids is 4. The molecular weight excluding hydrogens is 424 g/mol. The van der Waals surface area contributed by atoms with Gasteiger partial charge in [-0.2, -0.15) is 0 Å². The Kier molecular flexibility index (Phi) is 6.53. The monoisotopic (exact) mass is 448 g/mol. The third-order valence-electron chi connectivity index (χ3n) is 5.66. The minimum absolute atomic E-state index is 0.363. The van der Waals surface area contributed by atoms with Crippen LogP contribution in [0.25, 0.3) is 0 Å². The highest BCUT2D eigenvalue weighted by Crippen LogP contribution is 2.35. The van der Waals surface area contributed by atoms with Crippen molar-refractivity contribution in [1.29, 1.82) is 0 Å². The predicted octanol–water partition coefficient (Wildman–Crippen LogP) is 3.22. The van der Waals surface area contributed by atoms with Gasteiger partial charge in [0.25, 0.3) is 5.91 Å². The summed E-state index contributed by atoms with van der Waals surface area (Å²) in [5.41, 5.74) is 1.51. The average molecular weight is 448 g/mol. The van der Waals surface area contributed by atoms with Gasteiger partial charge in [-0.05, 0) is 44.0 Å². The smallest absolute Gasteiger partial charge is 0.326 e. The molecule has 1 saturated heterocycles. The topological polar surface area (TPSA) is 102 Å². The number of fused-ring (bicyclic) bond motifs is 1. The molecule has 1 fully saturated rings. The van der Waals surface area contributed by atoms with Crippen LogP contribution in [0, 0.1) is 18.8 Å². The normalized spacial score (nSPS) is 19.2. The summed E-state index contributed by atoms with van der Waals surface area (Å²) in [4.78, 5) is 50.4. The summed E-state index contributed by atoms with van der Waals surface area (Å²) in [6.45, 7) is 0.923. The van der Waals surface area contributed by atoms with E-state index in [4.69, 9.17) is 9.47 Å². The van der Waals surface area contributed by atoms with Crippen LogP contribution in [0.1, 0.15) is 18.4 Å². The van der Waals surface area contributed by atoms with E-state index in [0.29, 0.717) is 30.0 Å². The van der Waals surface area contributed by atoms with Gasteiger partial charge in [0.15, 0.2) is 12.4 Å². The molecule has 1 aliphatic carbocycles. The molecule has 1 heterocycles. The van der Waals surface area contributed by atoms with Crippen molar-refractivity contribution in [3.8, 4) is 11.5 Å². The van der Waals surface area contributed by atoms with Crippen LogP contribution in [0.15, 0.2) is 60.7 Å². The predicted molar refractivity (Wildman–Crippen MR) is 119 cm³/mol. The summed E-state index contributed by atoms with van der Waals surface area (Å²) in [6, 6.07) is 14.4. The van der Waals surface area contributed by atoms with Crippen LogP contribution in [0.4, 0.5) is 5.69 Å². The largest absolute Gasteiger partial charge is 0.455 e. The van der Waals surface area contributed by atoms with Crippen molar-refractivity contribution in [2.45, 2.75) is 19.8 Å². The Morgan fingerprint density at radius 1 is 0.970 bits per heavy atom. The molecule has 0 bridgehead atoms. The number of carbonyl (C=O) groups is 4. The molecule has 1 aliphatic heterocycles. The highest BCUT2D eigenvalue weighted by molar-refractivity contribution is 6.07. The first-order chi connectivity index (χ1) is 15.9. The standard InChI is InChI=1S/C25H24N2O6/c1-16-10-12-17(13-11-16)33-21-9-5-4-8-20(21)26-22(28)15-32-23(29)14-27-24(30)18-6-2-3-7-19(18)25(27)31/h2-5,8-13,18-19H,6-7,14-15H2,1H3,(H,26,28). The number of aryl methyl sites for hydroxylation is 1. The van der Waals surface area contributed by atoms with Crippen molar-refractivity contribution in [2.24, 2.45) is 11.8 Å². The number of esters is 1. The third-order valence-corrected chi connectivity index (χ3v) is 5.66. The van der Waals surface area contributed by atoms with E-state index in [1.54, 1.807) is 24.3 Å². The molecule has 8 heteroatoms. The third kappa shape index (κ3) is 5.11. The number of rotatable bonds is 7. The second kappa shape index (κ2) is 9.68. The zero-order valence-electron chi connectivity index (χ0n) is 18.2. The highest BCUT2D eigenvalue weighted by Gasteiger charge is 2.47. The number of ether oxygens (including phenoxy) is 2. The summed E-state index contributed by atoms with van der Waals surface area (Å²) < 4.78 is 10.8. The molecule has 0 radical (unpaired) electrons. The highest BCUT2D eigenvalue weighted by atomic mass is 16.5. The molecule has 2 unspecified atom stereocenters. The molecule has 2 aromatic carbocycles. The minimum Gasteiger partial charge on any atom is -0.455 e. The molecule has 0 aromatic heterocycles. The van der Waals surface area contributed by atoms with E-state index in [0.717, 1.165) is 10.5 Å². The van der Waals surface area contributed by atoms with Gasteiger partial charge in [0.1, 0.15) is 12.3 Å². The van der Waals surface area contributed by atoms with Gasteiger partial charge >= 0.3 is 5.97 Å². The second-order valence-electron chi connectivity index (χ2n) is 8.04. The van der Waals surface area contributed by atoms with Gasteiger partial charge in [-0.1, -0.05) is 42.0 Å². The minimum atomic E-state index is -0.817. The molecule has 0 spiro atoms. The summed E-state index contributed by atoms with van der Waals surface area (Å²) in [5.74, 6) is -1.89. The van der Waals surface area contributed by atoms with Crippen molar-refractivity contribution >= 4 is 29.4 Å². The molecule has 170 valence electrons. The summed E-state index contributed by atoms with van der Waals surface area (Å²) in [7, 11) is 0. The lowest BCUT2D eigenvalue weighted by molar-refractivity contribution is -0.154. The van der Waals surface area contributed by atoms with Gasteiger partial charge in [-0.15, -0.1) is 0 Å². The van der Waals surface area contributed by atoms with Crippen LogP contribution >= 0.6 is 0 Å². The fourth-order valence-corrected chi connectivity index (χ4v) is 3.92. The zero-order chi connectivity index (χ0) is 23.4. The number of nitrogens with one attached hydrogen (secondary N) is 1. The number of para-hydroxylation sites is 2.